The molecule has 4 aliphatic heterocycles. The number of rotatable bonds is 23. The van der Waals surface area contributed by atoms with E-state index in [1.165, 1.54) is 54.3 Å². The Morgan fingerprint density at radius 3 is 0.923 bits per heavy atom. The van der Waals surface area contributed by atoms with Gasteiger partial charge in [0.1, 0.15) is 84.6 Å². The van der Waals surface area contributed by atoms with Crippen LogP contribution in [0.1, 0.15) is 137 Å². The number of Topliss-reactive ketones (excluding diaryl/α,β-unsaturated/α-hetero) is 4. The van der Waals surface area contributed by atoms with Crippen LogP contribution in [0.5, 0.6) is 0 Å². The summed E-state index contributed by atoms with van der Waals surface area (Å²) in [7, 11) is 6.44. The van der Waals surface area contributed by atoms with E-state index in [9.17, 15) is 76.3 Å². The number of carbonyl (C=O) groups is 4. The topological polar surface area (TPSA) is 325 Å². The van der Waals surface area contributed by atoms with Crippen LogP contribution in [0.3, 0.4) is 0 Å². The maximum Gasteiger partial charge on any atom is 0.434 e. The van der Waals surface area contributed by atoms with Crippen LogP contribution < -0.4 is 19.6 Å². The number of thiazole rings is 4. The van der Waals surface area contributed by atoms with Gasteiger partial charge in [0.05, 0.1) is 73.2 Å². The monoisotopic (exact) mass is 1880 g/mol. The highest BCUT2D eigenvalue weighted by Gasteiger charge is 2.37. The van der Waals surface area contributed by atoms with E-state index in [2.05, 4.69) is 80.7 Å². The molecule has 0 radical (unpaired) electrons. The normalized spacial score (nSPS) is 16.6. The van der Waals surface area contributed by atoms with Crippen LogP contribution in [0.4, 0.5) is 80.9 Å². The molecule has 16 aromatic heterocycles. The first kappa shape index (κ1) is 88.8. The van der Waals surface area contributed by atoms with Gasteiger partial charge in [-0.05, 0) is 103 Å². The van der Waals surface area contributed by atoms with E-state index in [4.69, 9.17) is 0 Å². The molecular formula is C81H73F13N28O4S4. The van der Waals surface area contributed by atoms with Gasteiger partial charge < -0.3 is 19.6 Å². The Morgan fingerprint density at radius 1 is 0.392 bits per heavy atom. The van der Waals surface area contributed by atoms with Crippen molar-refractivity contribution in [2.24, 2.45) is 28.2 Å². The average Bonchev–Trinajstić information content (AvgIpc) is 1.61. The third kappa shape index (κ3) is 19.0. The van der Waals surface area contributed by atoms with Crippen LogP contribution in [0.15, 0.2) is 114 Å². The van der Waals surface area contributed by atoms with E-state index < -0.39 is 55.8 Å². The highest BCUT2D eigenvalue weighted by molar-refractivity contribution is 7.15. The Kier molecular flexibility index (Phi) is 25.1. The number of ketones is 4. The number of anilines is 4. The van der Waals surface area contributed by atoms with Crippen molar-refractivity contribution in [2.75, 3.05) is 72.0 Å². The minimum absolute atomic E-state index is 0.0149. The van der Waals surface area contributed by atoms with Gasteiger partial charge in [0.2, 0.25) is 23.8 Å². The summed E-state index contributed by atoms with van der Waals surface area (Å²) in [4.78, 5) is 93.4. The Labute approximate surface area is 742 Å². The molecule has 0 amide bonds. The van der Waals surface area contributed by atoms with E-state index in [0.717, 1.165) is 50.7 Å². The molecule has 20 heterocycles. The summed E-state index contributed by atoms with van der Waals surface area (Å²) in [6, 6.07) is 14.0. The van der Waals surface area contributed by atoms with Gasteiger partial charge in [0.15, 0.2) is 51.4 Å². The first-order valence-corrected chi connectivity index (χ1v) is 43.7. The van der Waals surface area contributed by atoms with Crippen LogP contribution in [0.25, 0.3) is 64.9 Å². The van der Waals surface area contributed by atoms with E-state index in [1.54, 1.807) is 146 Å². The predicted octanol–water partition coefficient (Wildman–Crippen LogP) is 14.4. The smallest absolute Gasteiger partial charge is 0.336 e. The lowest BCUT2D eigenvalue weighted by atomic mass is 10.1. The highest BCUT2D eigenvalue weighted by Crippen LogP contribution is 2.39. The molecule has 16 aromatic rings. The standard InChI is InChI=1S/C21H20F3N7OS.C20H17F4N7OS.2C20H18F3N7OS/c1-11-17(19(23)24)27-20(33-11)14-9-25-29(2)18(14)15(32)7-12-3-6-31-16(8-12)26-21(28-31)30-5-4-13(22)10-30;1-29-17(13(8-25-29)18-26-15(10-33-18)20(22,23)24)14(32)6-11-2-5-31-16(7-11)27-19(28-31)30-4-3-12(21)9-30;2*1-28-17(13(8-24-28)19-25-14(10-32-19)18(22)23)15(31)6-11-2-5-30-16(7-11)26-20(27-30)29-4-3-12(21)9-29/h3,6,8-9,13,19H,4-5,7,10H2,1-2H3;2,5,7-8,10,12H,3-4,6,9H2,1H3;2*2,5,7-8,10,12,18H,3-4,6,9H2,1H3/t13-;3*12-/m1110/s1. The molecule has 49 heteroatoms. The van der Waals surface area contributed by atoms with Crippen LogP contribution in [0, 0.1) is 6.92 Å². The maximum atomic E-state index is 13.5. The molecule has 0 aromatic carbocycles. The minimum Gasteiger partial charge on any atom is -0.336 e. The van der Waals surface area contributed by atoms with Gasteiger partial charge in [-0.15, -0.1) is 65.7 Å². The Bertz CT molecular complexity index is 6700. The Balaban J connectivity index is 0.000000121. The molecule has 0 bridgehead atoms. The SMILES string of the molecule is Cc1sc(-c2cnn(C)c2C(=O)Cc2ccn3nc(N4CC[C@@H](F)C4)nc3c2)nc1C(F)F.Cn1ncc(-c2nc(C(F)(F)F)cs2)c1C(=O)Cc1ccn2nc(N3CC[C@@H](F)C3)nc2c1.Cn1ncc(-c2nc(C(F)F)cs2)c1C(=O)Cc1ccn2nc(N3CC[C@@H](F)C3)nc2c1.Cn1ncc(-c2nc(C(F)F)cs2)c1C(=O)Cc1ccn2nc(N3CC[C@H](F)C3)nc2c1. The molecule has 4 fully saturated rings. The highest BCUT2D eigenvalue weighted by atomic mass is 32.1. The number of halogens is 13. The lowest BCUT2D eigenvalue weighted by Gasteiger charge is -2.10. The van der Waals surface area contributed by atoms with Crippen molar-refractivity contribution in [1.29, 1.82) is 0 Å². The summed E-state index contributed by atoms with van der Waals surface area (Å²) >= 11 is 4.02. The molecule has 32 nitrogen and oxygen atoms in total. The van der Waals surface area contributed by atoms with Crippen LogP contribution in [-0.2, 0) is 60.1 Å². The number of carbonyl (C=O) groups excluding carboxylic acids is 4. The fourth-order valence-corrected chi connectivity index (χ4v) is 18.7. The van der Waals surface area contributed by atoms with Crippen molar-refractivity contribution in [3.63, 3.8) is 0 Å². The first-order valence-electron chi connectivity index (χ1n) is 40.2. The number of nitrogens with zero attached hydrogens (tertiary/aromatic N) is 28. The molecule has 0 N–H and O–H groups in total. The maximum absolute atomic E-state index is 13.5. The lowest BCUT2D eigenvalue weighted by molar-refractivity contribution is -0.140. The van der Waals surface area contributed by atoms with E-state index >= 15 is 0 Å². The fraction of sp³-hybridized carbons (Fsp3) is 0.358. The van der Waals surface area contributed by atoms with Crippen molar-refractivity contribution in [3.8, 4) is 42.3 Å². The Morgan fingerprint density at radius 2 is 0.677 bits per heavy atom. The molecule has 676 valence electrons. The van der Waals surface area contributed by atoms with Gasteiger partial charge in [-0.1, -0.05) is 0 Å². The number of pyridine rings is 4. The first-order chi connectivity index (χ1) is 62.3. The van der Waals surface area contributed by atoms with Crippen molar-refractivity contribution in [2.45, 2.75) is 108 Å². The van der Waals surface area contributed by atoms with Crippen LogP contribution in [0.2, 0.25) is 0 Å². The number of hydrogen-bond acceptors (Lipinski definition) is 28. The number of fused-ring (bicyclic) bond motifs is 4. The number of aryl methyl sites for hydroxylation is 5. The van der Waals surface area contributed by atoms with Crippen molar-refractivity contribution in [3.05, 3.63) is 187 Å². The zero-order chi connectivity index (χ0) is 91.4. The summed E-state index contributed by atoms with van der Waals surface area (Å²) < 4.78 is 183. The largest absolute Gasteiger partial charge is 0.434 e. The number of aromatic nitrogens is 24. The third-order valence-electron chi connectivity index (χ3n) is 21.7. The molecule has 0 unspecified atom stereocenters. The molecule has 20 rings (SSSR count). The minimum atomic E-state index is -4.56. The van der Waals surface area contributed by atoms with E-state index in [1.807, 2.05) is 0 Å². The fourth-order valence-electron chi connectivity index (χ4n) is 15.3. The van der Waals surface area contributed by atoms with Crippen LogP contribution >= 0.6 is 45.3 Å². The molecule has 4 aliphatic rings. The summed E-state index contributed by atoms with van der Waals surface area (Å²) in [5, 5.41) is 38.5. The predicted molar refractivity (Wildman–Crippen MR) is 453 cm³/mol. The second-order valence-corrected chi connectivity index (χ2v) is 34.7. The summed E-state index contributed by atoms with van der Waals surface area (Å²) in [5.74, 6) is 0.814. The van der Waals surface area contributed by atoms with Crippen LogP contribution in [-0.4, -0.2) is 218 Å². The lowest BCUT2D eigenvalue weighted by Crippen LogP contribution is -2.21. The molecule has 4 atom stereocenters. The van der Waals surface area contributed by atoms with Crippen molar-refractivity contribution in [1.82, 2.24) is 117 Å². The molecule has 0 saturated carbocycles. The quantitative estimate of drug-likeness (QED) is 0.0424. The van der Waals surface area contributed by atoms with Gasteiger partial charge in [-0.3, -0.25) is 37.9 Å². The Hall–Kier alpha value is -13.2. The van der Waals surface area contributed by atoms with Crippen molar-refractivity contribution >= 4 is 115 Å². The second kappa shape index (κ2) is 36.7. The molecular weight excluding hydrogens is 1800 g/mol. The second-order valence-electron chi connectivity index (χ2n) is 30.9. The van der Waals surface area contributed by atoms with Gasteiger partial charge in [-0.25, -0.2) is 81.9 Å². The molecule has 4 saturated heterocycles. The summed E-state index contributed by atoms with van der Waals surface area (Å²) in [6.07, 6.45) is -1.61. The van der Waals surface area contributed by atoms with Crippen molar-refractivity contribution < 1.29 is 76.3 Å². The van der Waals surface area contributed by atoms with Gasteiger partial charge in [0, 0.05) is 126 Å². The van der Waals surface area contributed by atoms with E-state index in [0.29, 0.717) is 174 Å². The molecule has 0 aliphatic carbocycles. The summed E-state index contributed by atoms with van der Waals surface area (Å²) in [5.41, 5.74) is 5.66. The number of hydrogen-bond donors (Lipinski definition) is 0. The third-order valence-corrected chi connectivity index (χ3v) is 25.4. The van der Waals surface area contributed by atoms with Gasteiger partial charge in [0.25, 0.3) is 19.3 Å². The van der Waals surface area contributed by atoms with E-state index in [-0.39, 0.29) is 108 Å². The summed E-state index contributed by atoms with van der Waals surface area (Å²) in [6.45, 7) is 4.89. The van der Waals surface area contributed by atoms with Gasteiger partial charge >= 0.3 is 6.18 Å². The average molecular weight is 1880 g/mol. The zero-order valence-corrected chi connectivity index (χ0v) is 72.3. The molecule has 0 spiro atoms. The van der Waals surface area contributed by atoms with Gasteiger partial charge in [-0.2, -0.15) is 53.5 Å². The molecule has 130 heavy (non-hydrogen) atoms. The number of alkyl halides is 13. The zero-order valence-electron chi connectivity index (χ0n) is 69.0.